The van der Waals surface area contributed by atoms with Crippen molar-refractivity contribution >= 4 is 46.4 Å². The second-order valence-corrected chi connectivity index (χ2v) is 8.04. The van der Waals surface area contributed by atoms with Crippen LogP contribution in [0.2, 0.25) is 0 Å². The Kier molecular flexibility index (Phi) is 4.39. The summed E-state index contributed by atoms with van der Waals surface area (Å²) in [6.45, 7) is 6.15. The molecule has 19 heavy (non-hydrogen) atoms. The van der Waals surface area contributed by atoms with E-state index in [1.807, 2.05) is 0 Å². The van der Waals surface area contributed by atoms with Gasteiger partial charge in [-0.25, -0.2) is 5.01 Å². The Morgan fingerprint density at radius 2 is 1.68 bits per heavy atom. The van der Waals surface area contributed by atoms with Gasteiger partial charge in [0.1, 0.15) is 0 Å². The van der Waals surface area contributed by atoms with E-state index in [1.54, 1.807) is 0 Å². The molecule has 0 saturated heterocycles. The largest absolute Gasteiger partial charge is 0.273 e. The summed E-state index contributed by atoms with van der Waals surface area (Å²) in [6.07, 6.45) is 1.67. The van der Waals surface area contributed by atoms with Gasteiger partial charge < -0.3 is 0 Å². The minimum Gasteiger partial charge on any atom is -0.273 e. The first-order chi connectivity index (χ1) is 8.70. The average Bonchev–Trinajstić information content (AvgIpc) is 2.59. The highest BCUT2D eigenvalue weighted by Crippen LogP contribution is 2.36. The Bertz CT molecular complexity index is 393. The first-order valence-electron chi connectivity index (χ1n) is 6.52. The van der Waals surface area contributed by atoms with E-state index in [2.05, 4.69) is 25.9 Å². The van der Waals surface area contributed by atoms with E-state index in [4.69, 9.17) is 34.8 Å². The van der Waals surface area contributed by atoms with Crippen LogP contribution in [0.3, 0.4) is 0 Å². The van der Waals surface area contributed by atoms with Gasteiger partial charge in [0.2, 0.25) is 5.91 Å². The fourth-order valence-corrected chi connectivity index (χ4v) is 4.13. The Morgan fingerprint density at radius 3 is 2.11 bits per heavy atom. The second-order valence-electron chi connectivity index (χ2n) is 6.30. The normalized spacial score (nSPS) is 36.6. The zero-order valence-electron chi connectivity index (χ0n) is 11.4. The molecule has 6 heteroatoms. The maximum atomic E-state index is 12.2. The SMILES string of the molecule is CC(C)(C)C1=NN(C2C(Cl)CC(Cl)CC2Cl)C(=O)C1. The molecule has 0 aromatic carbocycles. The molecule has 0 aromatic rings. The van der Waals surface area contributed by atoms with Gasteiger partial charge in [0.25, 0.3) is 0 Å². The van der Waals surface area contributed by atoms with Crippen molar-refractivity contribution in [3.05, 3.63) is 0 Å². The molecule has 0 spiro atoms. The maximum Gasteiger partial charge on any atom is 0.248 e. The van der Waals surface area contributed by atoms with Crippen molar-refractivity contribution in [3.8, 4) is 0 Å². The molecule has 0 bridgehead atoms. The molecule has 1 saturated carbocycles. The number of hydrogen-bond donors (Lipinski definition) is 0. The van der Waals surface area contributed by atoms with Crippen molar-refractivity contribution in [2.45, 2.75) is 62.2 Å². The van der Waals surface area contributed by atoms with Crippen LogP contribution in [0, 0.1) is 5.41 Å². The molecule has 0 radical (unpaired) electrons. The monoisotopic (exact) mass is 324 g/mol. The van der Waals surface area contributed by atoms with E-state index in [9.17, 15) is 4.79 Å². The predicted octanol–water partition coefficient (Wildman–Crippen LogP) is 3.61. The van der Waals surface area contributed by atoms with Crippen LogP contribution in [0.4, 0.5) is 0 Å². The summed E-state index contributed by atoms with van der Waals surface area (Å²) in [7, 11) is 0. The van der Waals surface area contributed by atoms with Gasteiger partial charge in [-0.1, -0.05) is 20.8 Å². The van der Waals surface area contributed by atoms with E-state index in [-0.39, 0.29) is 33.5 Å². The summed E-state index contributed by atoms with van der Waals surface area (Å²) in [5, 5.41) is 5.46. The fraction of sp³-hybridized carbons (Fsp3) is 0.846. The molecule has 2 rings (SSSR count). The molecule has 1 amide bonds. The van der Waals surface area contributed by atoms with Crippen LogP contribution in [0.15, 0.2) is 5.10 Å². The molecular weight excluding hydrogens is 307 g/mol. The molecule has 1 fully saturated rings. The van der Waals surface area contributed by atoms with E-state index in [0.29, 0.717) is 19.3 Å². The molecule has 1 aliphatic heterocycles. The van der Waals surface area contributed by atoms with Crippen molar-refractivity contribution in [1.82, 2.24) is 5.01 Å². The van der Waals surface area contributed by atoms with Gasteiger partial charge in [-0.05, 0) is 12.8 Å². The average molecular weight is 326 g/mol. The topological polar surface area (TPSA) is 32.7 Å². The summed E-state index contributed by atoms with van der Waals surface area (Å²) in [5.41, 5.74) is 0.774. The summed E-state index contributed by atoms with van der Waals surface area (Å²) in [5.74, 6) is -0.0146. The van der Waals surface area contributed by atoms with E-state index < -0.39 is 0 Å². The summed E-state index contributed by atoms with van der Waals surface area (Å²) < 4.78 is 0. The lowest BCUT2D eigenvalue weighted by Gasteiger charge is -2.37. The molecule has 1 heterocycles. The summed E-state index contributed by atoms with van der Waals surface area (Å²) in [6, 6.07) is -0.259. The lowest BCUT2D eigenvalue weighted by Crippen LogP contribution is -2.50. The maximum absolute atomic E-state index is 12.2. The summed E-state index contributed by atoms with van der Waals surface area (Å²) >= 11 is 18.8. The number of halogens is 3. The first kappa shape index (κ1) is 15.4. The number of alkyl halides is 3. The minimum absolute atomic E-state index is 0.0146. The number of hydrogen-bond acceptors (Lipinski definition) is 2. The lowest BCUT2D eigenvalue weighted by molar-refractivity contribution is -0.131. The molecular formula is C13H19Cl3N2O. The van der Waals surface area contributed by atoms with Gasteiger partial charge in [0.15, 0.2) is 0 Å². The van der Waals surface area contributed by atoms with Crippen LogP contribution in [0.1, 0.15) is 40.0 Å². The Hall–Kier alpha value is 0.01000. The first-order valence-corrected chi connectivity index (χ1v) is 7.83. The highest BCUT2D eigenvalue weighted by Gasteiger charge is 2.44. The smallest absolute Gasteiger partial charge is 0.248 e. The van der Waals surface area contributed by atoms with Crippen LogP contribution in [-0.2, 0) is 4.79 Å². The van der Waals surface area contributed by atoms with Crippen LogP contribution < -0.4 is 0 Å². The Morgan fingerprint density at radius 1 is 1.16 bits per heavy atom. The highest BCUT2D eigenvalue weighted by molar-refractivity contribution is 6.28. The molecule has 2 unspecified atom stereocenters. The van der Waals surface area contributed by atoms with Crippen LogP contribution >= 0.6 is 34.8 Å². The van der Waals surface area contributed by atoms with Gasteiger partial charge in [0, 0.05) is 10.8 Å². The van der Waals surface area contributed by atoms with Crippen molar-refractivity contribution in [1.29, 1.82) is 0 Å². The fourth-order valence-electron chi connectivity index (χ4n) is 2.49. The number of hydrazone groups is 1. The number of nitrogens with zero attached hydrogens (tertiary/aromatic N) is 2. The van der Waals surface area contributed by atoms with Gasteiger partial charge in [0.05, 0.1) is 28.9 Å². The van der Waals surface area contributed by atoms with E-state index >= 15 is 0 Å². The van der Waals surface area contributed by atoms with Gasteiger partial charge in [-0.3, -0.25) is 4.79 Å². The molecule has 108 valence electrons. The molecule has 3 nitrogen and oxygen atoms in total. The minimum atomic E-state index is -0.259. The van der Waals surface area contributed by atoms with Crippen LogP contribution in [0.25, 0.3) is 0 Å². The molecule has 0 aromatic heterocycles. The lowest BCUT2D eigenvalue weighted by atomic mass is 9.88. The van der Waals surface area contributed by atoms with Gasteiger partial charge in [-0.15, -0.1) is 34.8 Å². The zero-order chi connectivity index (χ0) is 14.4. The molecule has 0 N–H and O–H groups in total. The third-order valence-electron chi connectivity index (χ3n) is 3.65. The van der Waals surface area contributed by atoms with Crippen molar-refractivity contribution < 1.29 is 4.79 Å². The zero-order valence-corrected chi connectivity index (χ0v) is 13.6. The Balaban J connectivity index is 2.21. The third-order valence-corrected chi connectivity index (χ3v) is 4.88. The van der Waals surface area contributed by atoms with Crippen molar-refractivity contribution in [2.24, 2.45) is 10.5 Å². The second kappa shape index (κ2) is 5.42. The van der Waals surface area contributed by atoms with Crippen LogP contribution in [0.5, 0.6) is 0 Å². The number of carbonyl (C=O) groups is 1. The molecule has 2 aliphatic rings. The molecule has 2 atom stereocenters. The van der Waals surface area contributed by atoms with Gasteiger partial charge >= 0.3 is 0 Å². The van der Waals surface area contributed by atoms with E-state index in [1.165, 1.54) is 5.01 Å². The number of rotatable bonds is 1. The van der Waals surface area contributed by atoms with Crippen molar-refractivity contribution in [2.75, 3.05) is 0 Å². The Labute approximate surface area is 129 Å². The molecule has 1 aliphatic carbocycles. The van der Waals surface area contributed by atoms with Gasteiger partial charge in [-0.2, -0.15) is 5.10 Å². The standard InChI is InChI=1S/C13H19Cl3N2O/c1-13(2,3)10-6-11(19)18(17-10)12-8(15)4-7(14)5-9(12)16/h7-9,12H,4-6H2,1-3H3. The quantitative estimate of drug-likeness (QED) is 0.678. The third kappa shape index (κ3) is 3.20. The number of amides is 1. The summed E-state index contributed by atoms with van der Waals surface area (Å²) in [4.78, 5) is 12.2. The van der Waals surface area contributed by atoms with E-state index in [0.717, 1.165) is 5.71 Å². The van der Waals surface area contributed by atoms with Crippen molar-refractivity contribution in [3.63, 3.8) is 0 Å². The highest BCUT2D eigenvalue weighted by atomic mass is 35.5. The number of carbonyl (C=O) groups excluding carboxylic acids is 1. The predicted molar refractivity (Wildman–Crippen MR) is 80.3 cm³/mol. The van der Waals surface area contributed by atoms with Crippen LogP contribution in [-0.4, -0.2) is 38.8 Å².